The fourth-order valence-electron chi connectivity index (χ4n) is 1.98. The first-order chi connectivity index (χ1) is 9.26. The second-order valence-electron chi connectivity index (χ2n) is 4.12. The van der Waals surface area contributed by atoms with Crippen LogP contribution in [-0.4, -0.2) is 12.1 Å². The van der Waals surface area contributed by atoms with E-state index in [0.29, 0.717) is 12.3 Å². The molecule has 2 rings (SSSR count). The minimum Gasteiger partial charge on any atom is -0.481 e. The molecule has 0 radical (unpaired) electrons. The summed E-state index contributed by atoms with van der Waals surface area (Å²) in [6, 6.07) is 11.4. The maximum atomic E-state index is 6.17. The van der Waals surface area contributed by atoms with E-state index in [0.717, 1.165) is 16.1 Å². The molecule has 0 saturated carbocycles. The summed E-state index contributed by atoms with van der Waals surface area (Å²) in [7, 11) is 1.59. The van der Waals surface area contributed by atoms with Gasteiger partial charge in [-0.25, -0.2) is 4.98 Å². The molecule has 0 fully saturated rings. The van der Waals surface area contributed by atoms with Crippen LogP contribution in [0, 0.1) is 0 Å². The molecule has 0 saturated heterocycles. The summed E-state index contributed by atoms with van der Waals surface area (Å²) in [6.07, 6.45) is 2.35. The van der Waals surface area contributed by atoms with Crippen molar-refractivity contribution in [2.24, 2.45) is 5.84 Å². The van der Waals surface area contributed by atoms with E-state index in [4.69, 9.17) is 22.2 Å². The summed E-state index contributed by atoms with van der Waals surface area (Å²) in [5.41, 5.74) is 4.73. The summed E-state index contributed by atoms with van der Waals surface area (Å²) < 4.78 is 5.26. The van der Waals surface area contributed by atoms with Gasteiger partial charge in [-0.2, -0.15) is 0 Å². The maximum Gasteiger partial charge on any atom is 0.217 e. The van der Waals surface area contributed by atoms with Gasteiger partial charge in [-0.15, -0.1) is 0 Å². The van der Waals surface area contributed by atoms with Crippen LogP contribution in [0.1, 0.15) is 17.2 Å². The van der Waals surface area contributed by atoms with Crippen LogP contribution >= 0.6 is 11.6 Å². The number of hydrazine groups is 1. The monoisotopic (exact) mass is 277 g/mol. The fourth-order valence-corrected chi connectivity index (χ4v) is 2.19. The van der Waals surface area contributed by atoms with Gasteiger partial charge >= 0.3 is 0 Å². The molecular formula is C14H16ClN3O. The van der Waals surface area contributed by atoms with Gasteiger partial charge in [0.25, 0.3) is 0 Å². The number of nitrogens with one attached hydrogen (secondary N) is 1. The first-order valence-electron chi connectivity index (χ1n) is 5.94. The van der Waals surface area contributed by atoms with Gasteiger partial charge in [0.1, 0.15) is 0 Å². The van der Waals surface area contributed by atoms with E-state index in [1.54, 1.807) is 13.3 Å². The molecule has 1 aromatic carbocycles. The molecule has 19 heavy (non-hydrogen) atoms. The summed E-state index contributed by atoms with van der Waals surface area (Å²) in [5.74, 6) is 6.22. The van der Waals surface area contributed by atoms with Crippen LogP contribution in [0.15, 0.2) is 42.6 Å². The van der Waals surface area contributed by atoms with Crippen LogP contribution in [0.4, 0.5) is 0 Å². The molecule has 1 atom stereocenters. The molecule has 0 spiro atoms. The number of rotatable bonds is 5. The van der Waals surface area contributed by atoms with Gasteiger partial charge in [-0.3, -0.25) is 11.3 Å². The van der Waals surface area contributed by atoms with Crippen molar-refractivity contribution >= 4 is 11.6 Å². The fraction of sp³-hybridized carbons (Fsp3) is 0.214. The van der Waals surface area contributed by atoms with Crippen molar-refractivity contribution < 1.29 is 4.74 Å². The lowest BCUT2D eigenvalue weighted by Crippen LogP contribution is -2.30. The molecule has 2 aromatic rings. The summed E-state index contributed by atoms with van der Waals surface area (Å²) >= 11 is 6.17. The third-order valence-corrected chi connectivity index (χ3v) is 3.32. The third kappa shape index (κ3) is 3.23. The Bertz CT molecular complexity index is 548. The second-order valence-corrected chi connectivity index (χ2v) is 4.52. The van der Waals surface area contributed by atoms with Crippen LogP contribution < -0.4 is 16.0 Å². The number of methoxy groups -OCH3 is 1. The number of hydrogen-bond acceptors (Lipinski definition) is 4. The van der Waals surface area contributed by atoms with E-state index in [9.17, 15) is 0 Å². The SMILES string of the molecule is COc1ncccc1C(Cc1ccccc1Cl)NN. The van der Waals surface area contributed by atoms with Crippen molar-refractivity contribution in [3.63, 3.8) is 0 Å². The molecule has 5 heteroatoms. The number of nitrogens with two attached hydrogens (primary N) is 1. The van der Waals surface area contributed by atoms with Gasteiger partial charge in [-0.05, 0) is 24.1 Å². The van der Waals surface area contributed by atoms with Crippen LogP contribution in [0.5, 0.6) is 5.88 Å². The molecule has 1 aromatic heterocycles. The van der Waals surface area contributed by atoms with E-state index in [1.807, 2.05) is 36.4 Å². The molecule has 0 aliphatic heterocycles. The highest BCUT2D eigenvalue weighted by Gasteiger charge is 2.17. The van der Waals surface area contributed by atoms with Gasteiger partial charge in [0.2, 0.25) is 5.88 Å². The summed E-state index contributed by atoms with van der Waals surface area (Å²) in [4.78, 5) is 4.18. The largest absolute Gasteiger partial charge is 0.481 e. The van der Waals surface area contributed by atoms with Crippen molar-refractivity contribution in [2.45, 2.75) is 12.5 Å². The summed E-state index contributed by atoms with van der Waals surface area (Å²) in [6.45, 7) is 0. The Morgan fingerprint density at radius 2 is 2.11 bits per heavy atom. The van der Waals surface area contributed by atoms with E-state index >= 15 is 0 Å². The van der Waals surface area contributed by atoms with Gasteiger partial charge in [0.15, 0.2) is 0 Å². The van der Waals surface area contributed by atoms with Gasteiger partial charge in [0.05, 0.1) is 13.2 Å². The van der Waals surface area contributed by atoms with Crippen molar-refractivity contribution in [1.82, 2.24) is 10.4 Å². The first kappa shape index (κ1) is 13.8. The quantitative estimate of drug-likeness (QED) is 0.651. The van der Waals surface area contributed by atoms with Gasteiger partial charge < -0.3 is 4.74 Å². The Balaban J connectivity index is 2.28. The Kier molecular flexibility index (Phi) is 4.74. The van der Waals surface area contributed by atoms with Crippen molar-refractivity contribution in [3.8, 4) is 5.88 Å². The number of ether oxygens (including phenoxy) is 1. The molecule has 0 bridgehead atoms. The highest BCUT2D eigenvalue weighted by atomic mass is 35.5. The minimum absolute atomic E-state index is 0.108. The number of benzene rings is 1. The van der Waals surface area contributed by atoms with Crippen molar-refractivity contribution in [3.05, 3.63) is 58.7 Å². The van der Waals surface area contributed by atoms with Crippen LogP contribution in [0.3, 0.4) is 0 Å². The van der Waals surface area contributed by atoms with Gasteiger partial charge in [-0.1, -0.05) is 35.9 Å². The number of pyridine rings is 1. The van der Waals surface area contributed by atoms with Crippen LogP contribution in [0.25, 0.3) is 0 Å². The van der Waals surface area contributed by atoms with Gasteiger partial charge in [0, 0.05) is 16.8 Å². The average Bonchev–Trinajstić information content (AvgIpc) is 2.46. The maximum absolute atomic E-state index is 6.17. The molecule has 4 nitrogen and oxygen atoms in total. The highest BCUT2D eigenvalue weighted by molar-refractivity contribution is 6.31. The van der Waals surface area contributed by atoms with E-state index < -0.39 is 0 Å². The normalized spacial score (nSPS) is 12.2. The smallest absolute Gasteiger partial charge is 0.217 e. The molecule has 0 aliphatic carbocycles. The zero-order valence-corrected chi connectivity index (χ0v) is 11.4. The lowest BCUT2D eigenvalue weighted by molar-refractivity contribution is 0.382. The van der Waals surface area contributed by atoms with E-state index in [-0.39, 0.29) is 6.04 Å². The zero-order chi connectivity index (χ0) is 13.7. The number of halogens is 1. The van der Waals surface area contributed by atoms with Crippen LogP contribution in [-0.2, 0) is 6.42 Å². The topological polar surface area (TPSA) is 60.2 Å². The lowest BCUT2D eigenvalue weighted by Gasteiger charge is -2.18. The molecule has 0 amide bonds. The highest BCUT2D eigenvalue weighted by Crippen LogP contribution is 2.27. The predicted octanol–water partition coefficient (Wildman–Crippen LogP) is 2.49. The number of aromatic nitrogens is 1. The Labute approximate surface area is 117 Å². The summed E-state index contributed by atoms with van der Waals surface area (Å²) in [5, 5.41) is 0.727. The molecule has 1 heterocycles. The lowest BCUT2D eigenvalue weighted by atomic mass is 10.0. The molecule has 0 aliphatic rings. The molecular weight excluding hydrogens is 262 g/mol. The molecule has 3 N–H and O–H groups in total. The third-order valence-electron chi connectivity index (χ3n) is 2.95. The van der Waals surface area contributed by atoms with Crippen molar-refractivity contribution in [2.75, 3.05) is 7.11 Å². The Morgan fingerprint density at radius 3 is 2.79 bits per heavy atom. The Hall–Kier alpha value is -1.62. The second kappa shape index (κ2) is 6.52. The molecule has 1 unspecified atom stereocenters. The first-order valence-corrected chi connectivity index (χ1v) is 6.32. The predicted molar refractivity (Wildman–Crippen MR) is 76.0 cm³/mol. The van der Waals surface area contributed by atoms with Crippen molar-refractivity contribution in [1.29, 1.82) is 0 Å². The average molecular weight is 278 g/mol. The Morgan fingerprint density at radius 1 is 1.32 bits per heavy atom. The zero-order valence-electron chi connectivity index (χ0n) is 10.6. The minimum atomic E-state index is -0.108. The standard InChI is InChI=1S/C14H16ClN3O/c1-19-14-11(6-4-8-17-14)13(18-16)9-10-5-2-3-7-12(10)15/h2-8,13,18H,9,16H2,1H3. The number of nitrogens with zero attached hydrogens (tertiary/aromatic N) is 1. The van der Waals surface area contributed by atoms with Crippen LogP contribution in [0.2, 0.25) is 5.02 Å². The van der Waals surface area contributed by atoms with E-state index in [1.165, 1.54) is 0 Å². The number of hydrogen-bond donors (Lipinski definition) is 2. The molecule has 100 valence electrons. The van der Waals surface area contributed by atoms with E-state index in [2.05, 4.69) is 10.4 Å².